The number of halogens is 1. The summed E-state index contributed by atoms with van der Waals surface area (Å²) in [5.41, 5.74) is 1.18. The predicted molar refractivity (Wildman–Crippen MR) is 88.7 cm³/mol. The van der Waals surface area contributed by atoms with Crippen LogP contribution in [0.2, 0.25) is 5.02 Å². The van der Waals surface area contributed by atoms with Crippen molar-refractivity contribution in [3.63, 3.8) is 0 Å². The van der Waals surface area contributed by atoms with Crippen LogP contribution < -0.4 is 10.1 Å². The number of carbonyl (C=O) groups is 2. The van der Waals surface area contributed by atoms with Crippen LogP contribution in [0.5, 0.6) is 5.75 Å². The van der Waals surface area contributed by atoms with Crippen molar-refractivity contribution in [1.82, 2.24) is 4.98 Å². The molecule has 23 heavy (non-hydrogen) atoms. The number of ether oxygens (including phenoxy) is 1. The van der Waals surface area contributed by atoms with E-state index in [4.69, 9.17) is 21.4 Å². The van der Waals surface area contributed by atoms with Crippen molar-refractivity contribution in [3.05, 3.63) is 39.4 Å². The molecule has 8 heteroatoms. The van der Waals surface area contributed by atoms with Gasteiger partial charge in [0, 0.05) is 5.02 Å². The van der Waals surface area contributed by atoms with Gasteiger partial charge in [-0.25, -0.2) is 9.78 Å². The highest BCUT2D eigenvalue weighted by atomic mass is 35.5. The third-order valence-electron chi connectivity index (χ3n) is 3.03. The Hall–Kier alpha value is -2.12. The molecule has 0 radical (unpaired) electrons. The molecule has 1 heterocycles. The molecule has 2 rings (SSSR count). The van der Waals surface area contributed by atoms with Crippen molar-refractivity contribution in [2.24, 2.45) is 0 Å². The molecule has 0 aliphatic heterocycles. The van der Waals surface area contributed by atoms with E-state index in [1.165, 1.54) is 0 Å². The quantitative estimate of drug-likeness (QED) is 0.857. The Morgan fingerprint density at radius 3 is 2.65 bits per heavy atom. The molecule has 1 unspecified atom stereocenters. The molecule has 6 nitrogen and oxygen atoms in total. The second-order valence-corrected chi connectivity index (χ2v) is 6.33. The number of aromatic carboxylic acids is 1. The maximum Gasteiger partial charge on any atom is 0.347 e. The highest BCUT2D eigenvalue weighted by Crippen LogP contribution is 2.25. The largest absolute Gasteiger partial charge is 0.481 e. The average molecular weight is 355 g/mol. The number of hydrogen-bond donors (Lipinski definition) is 2. The Labute approximate surface area is 142 Å². The highest BCUT2D eigenvalue weighted by molar-refractivity contribution is 7.17. The smallest absolute Gasteiger partial charge is 0.347 e. The van der Waals surface area contributed by atoms with E-state index in [1.807, 2.05) is 6.92 Å². The molecule has 0 saturated carbocycles. The van der Waals surface area contributed by atoms with Gasteiger partial charge in [-0.05, 0) is 44.5 Å². The van der Waals surface area contributed by atoms with Gasteiger partial charge in [0.25, 0.3) is 5.91 Å². The zero-order valence-corrected chi connectivity index (χ0v) is 14.3. The summed E-state index contributed by atoms with van der Waals surface area (Å²) in [4.78, 5) is 27.2. The number of aromatic nitrogens is 1. The van der Waals surface area contributed by atoms with E-state index in [1.54, 1.807) is 32.0 Å². The minimum Gasteiger partial charge on any atom is -0.481 e. The van der Waals surface area contributed by atoms with Crippen molar-refractivity contribution in [1.29, 1.82) is 0 Å². The van der Waals surface area contributed by atoms with Gasteiger partial charge in [0.05, 0.1) is 5.69 Å². The third-order valence-corrected chi connectivity index (χ3v) is 4.33. The number of rotatable bonds is 5. The van der Waals surface area contributed by atoms with Crippen LogP contribution in [0, 0.1) is 13.8 Å². The molecule has 0 fully saturated rings. The molecule has 0 spiro atoms. The Kier molecular flexibility index (Phi) is 5.23. The molecule has 122 valence electrons. The summed E-state index contributed by atoms with van der Waals surface area (Å²) < 4.78 is 5.61. The lowest BCUT2D eigenvalue weighted by molar-refractivity contribution is -0.122. The Morgan fingerprint density at radius 2 is 2.09 bits per heavy atom. The first kappa shape index (κ1) is 17.2. The molecular weight excluding hydrogens is 340 g/mol. The Balaban J connectivity index is 2.05. The summed E-state index contributed by atoms with van der Waals surface area (Å²) in [6.07, 6.45) is -0.771. The van der Waals surface area contributed by atoms with Crippen LogP contribution in [0.25, 0.3) is 0 Å². The van der Waals surface area contributed by atoms with E-state index in [0.29, 0.717) is 16.5 Å². The molecule has 1 atom stereocenters. The summed E-state index contributed by atoms with van der Waals surface area (Å²) in [6, 6.07) is 5.11. The fraction of sp³-hybridized carbons (Fsp3) is 0.267. The molecule has 0 saturated heterocycles. The number of benzene rings is 1. The second-order valence-electron chi connectivity index (χ2n) is 4.90. The number of aryl methyl sites for hydroxylation is 2. The van der Waals surface area contributed by atoms with E-state index in [0.717, 1.165) is 16.9 Å². The molecule has 1 amide bonds. The van der Waals surface area contributed by atoms with Crippen molar-refractivity contribution in [3.8, 4) is 5.75 Å². The number of hydrogen-bond acceptors (Lipinski definition) is 5. The average Bonchev–Trinajstić information content (AvgIpc) is 2.82. The number of nitrogens with zero attached hydrogens (tertiary/aromatic N) is 1. The standard InChI is InChI=1S/C15H15ClN2O4S/c1-7-6-10(16)4-5-11(7)22-9(3)13(19)18-15-17-8(2)12(23-15)14(20)21/h4-6,9H,1-3H3,(H,20,21)(H,17,18,19). The topological polar surface area (TPSA) is 88.5 Å². The van der Waals surface area contributed by atoms with E-state index in [2.05, 4.69) is 10.3 Å². The van der Waals surface area contributed by atoms with Gasteiger partial charge >= 0.3 is 5.97 Å². The van der Waals surface area contributed by atoms with Crippen molar-refractivity contribution < 1.29 is 19.4 Å². The molecular formula is C15H15ClN2O4S. The minimum atomic E-state index is -1.07. The number of carbonyl (C=O) groups excluding carboxylic acids is 1. The van der Waals surface area contributed by atoms with Gasteiger partial charge in [0.2, 0.25) is 0 Å². The summed E-state index contributed by atoms with van der Waals surface area (Å²) in [6.45, 7) is 5.00. The van der Waals surface area contributed by atoms with E-state index >= 15 is 0 Å². The number of anilines is 1. The molecule has 2 N–H and O–H groups in total. The van der Waals surface area contributed by atoms with Crippen LogP contribution in [0.3, 0.4) is 0 Å². The summed E-state index contributed by atoms with van der Waals surface area (Å²) >= 11 is 6.79. The minimum absolute atomic E-state index is 0.0995. The monoisotopic (exact) mass is 354 g/mol. The van der Waals surface area contributed by atoms with Crippen LogP contribution in [-0.4, -0.2) is 28.1 Å². The first-order chi connectivity index (χ1) is 10.8. The van der Waals surface area contributed by atoms with E-state index in [9.17, 15) is 9.59 Å². The fourth-order valence-corrected chi connectivity index (χ4v) is 2.88. The molecule has 2 aromatic rings. The molecule has 0 bridgehead atoms. The van der Waals surface area contributed by atoms with Crippen LogP contribution in [0.4, 0.5) is 5.13 Å². The van der Waals surface area contributed by atoms with Crippen LogP contribution in [-0.2, 0) is 4.79 Å². The van der Waals surface area contributed by atoms with Crippen LogP contribution in [0.15, 0.2) is 18.2 Å². The maximum atomic E-state index is 12.1. The Morgan fingerprint density at radius 1 is 1.39 bits per heavy atom. The highest BCUT2D eigenvalue weighted by Gasteiger charge is 2.20. The lowest BCUT2D eigenvalue weighted by Crippen LogP contribution is -2.30. The summed E-state index contributed by atoms with van der Waals surface area (Å²) in [7, 11) is 0. The van der Waals surface area contributed by atoms with Gasteiger partial charge in [-0.3, -0.25) is 10.1 Å². The molecule has 1 aromatic carbocycles. The maximum absolute atomic E-state index is 12.1. The lowest BCUT2D eigenvalue weighted by Gasteiger charge is -2.15. The van der Waals surface area contributed by atoms with Crippen molar-refractivity contribution in [2.75, 3.05) is 5.32 Å². The first-order valence-electron chi connectivity index (χ1n) is 6.72. The first-order valence-corrected chi connectivity index (χ1v) is 7.91. The molecule has 0 aliphatic carbocycles. The van der Waals surface area contributed by atoms with E-state index in [-0.39, 0.29) is 10.0 Å². The van der Waals surface area contributed by atoms with Gasteiger partial charge in [-0.2, -0.15) is 0 Å². The molecule has 0 aliphatic rings. The van der Waals surface area contributed by atoms with Gasteiger partial charge in [-0.15, -0.1) is 0 Å². The van der Waals surface area contributed by atoms with Crippen LogP contribution >= 0.6 is 22.9 Å². The van der Waals surface area contributed by atoms with Crippen LogP contribution in [0.1, 0.15) is 27.9 Å². The van der Waals surface area contributed by atoms with Crippen molar-refractivity contribution >= 4 is 39.9 Å². The molecule has 1 aromatic heterocycles. The lowest BCUT2D eigenvalue weighted by atomic mass is 10.2. The summed E-state index contributed by atoms with van der Waals surface area (Å²) in [5, 5.41) is 12.4. The normalized spacial score (nSPS) is 11.8. The van der Waals surface area contributed by atoms with Gasteiger partial charge in [0.15, 0.2) is 11.2 Å². The second kappa shape index (κ2) is 6.97. The van der Waals surface area contributed by atoms with Gasteiger partial charge < -0.3 is 9.84 Å². The number of carboxylic acids is 1. The predicted octanol–water partition coefficient (Wildman–Crippen LogP) is 3.52. The summed E-state index contributed by atoms with van der Waals surface area (Å²) in [5.74, 6) is -0.926. The number of nitrogens with one attached hydrogen (secondary N) is 1. The Bertz CT molecular complexity index is 760. The van der Waals surface area contributed by atoms with Crippen molar-refractivity contribution in [2.45, 2.75) is 26.9 Å². The SMILES string of the molecule is Cc1cc(Cl)ccc1OC(C)C(=O)Nc1nc(C)c(C(=O)O)s1. The van der Waals surface area contributed by atoms with E-state index < -0.39 is 18.0 Å². The van der Waals surface area contributed by atoms with Gasteiger partial charge in [-0.1, -0.05) is 22.9 Å². The zero-order chi connectivity index (χ0) is 17.1. The third kappa shape index (κ3) is 4.20. The number of amides is 1. The number of thiazole rings is 1. The fourth-order valence-electron chi connectivity index (χ4n) is 1.84. The van der Waals surface area contributed by atoms with Gasteiger partial charge in [0.1, 0.15) is 10.6 Å². The number of carboxylic acid groups (broad SMARTS) is 1. The zero-order valence-electron chi connectivity index (χ0n) is 12.7.